The predicted molar refractivity (Wildman–Crippen MR) is 127 cm³/mol. The number of amides is 1. The molecule has 0 aromatic heterocycles. The van der Waals surface area contributed by atoms with E-state index in [9.17, 15) is 14.4 Å². The maximum atomic E-state index is 11.2. The molecular weight excluding hydrogens is 437 g/mol. The molecule has 5 nitrogen and oxygen atoms in total. The first-order valence-corrected chi connectivity index (χ1v) is 11.6. The van der Waals surface area contributed by atoms with Gasteiger partial charge in [0.2, 0.25) is 5.91 Å². The summed E-state index contributed by atoms with van der Waals surface area (Å²) in [6.07, 6.45) is 21.5. The Hall–Kier alpha value is -1.16. The van der Waals surface area contributed by atoms with Crippen molar-refractivity contribution in [1.82, 2.24) is 5.32 Å². The fourth-order valence-corrected chi connectivity index (χ4v) is 2.29. The molecule has 185 valence electrons. The van der Waals surface area contributed by atoms with Crippen molar-refractivity contribution in [2.24, 2.45) is 0 Å². The number of nitrogens with one attached hydrogen (secondary N) is 1. The van der Waals surface area contributed by atoms with Crippen LogP contribution in [0.2, 0.25) is 0 Å². The van der Waals surface area contributed by atoms with Crippen molar-refractivity contribution in [1.29, 1.82) is 0 Å². The Morgan fingerprint density at radius 2 is 1.45 bits per heavy atom. The van der Waals surface area contributed by atoms with Gasteiger partial charge in [0, 0.05) is 6.42 Å². The molecule has 0 aliphatic rings. The molecule has 6 heteroatoms. The molecule has 2 N–H and O–H groups in total. The predicted octanol–water partition coefficient (Wildman–Crippen LogP) is 6.38. The van der Waals surface area contributed by atoms with E-state index in [2.05, 4.69) is 38.2 Å². The maximum Gasteiger partial charge on any atom is 3.00 e. The van der Waals surface area contributed by atoms with Crippen LogP contribution in [0.1, 0.15) is 110 Å². The Bertz CT molecular complexity index is 401. The maximum absolute atomic E-state index is 11.2. The number of rotatable bonds is 17. The van der Waals surface area contributed by atoms with Crippen LogP contribution in [0.15, 0.2) is 12.2 Å². The fraction of sp³-hybridized carbons (Fsp3) is 0.720. The number of hydrogen-bond acceptors (Lipinski definition) is 3. The summed E-state index contributed by atoms with van der Waals surface area (Å²) in [6, 6.07) is 0. The largest absolute Gasteiger partial charge is 3.00 e. The molecule has 0 rings (SSSR count). The van der Waals surface area contributed by atoms with Gasteiger partial charge in [0.15, 0.2) is 0 Å². The first-order chi connectivity index (χ1) is 14.5. The van der Waals surface area contributed by atoms with E-state index in [0.717, 1.165) is 64.2 Å². The topological polar surface area (TPSA) is 83.5 Å². The summed E-state index contributed by atoms with van der Waals surface area (Å²) in [5.74, 6) is -1.17. The number of allylic oxidation sites excluding steroid dienone is 2. The third kappa shape index (κ3) is 47.8. The summed E-state index contributed by atoms with van der Waals surface area (Å²) in [5, 5.41) is 10.7. The zero-order chi connectivity index (χ0) is 23.3. The van der Waals surface area contributed by atoms with E-state index in [4.69, 9.17) is 5.11 Å². The molecule has 0 aliphatic carbocycles. The van der Waals surface area contributed by atoms with Gasteiger partial charge >= 0.3 is 22.5 Å². The molecule has 0 aliphatic heterocycles. The van der Waals surface area contributed by atoms with Gasteiger partial charge in [0.05, 0.1) is 0 Å². The van der Waals surface area contributed by atoms with Crippen molar-refractivity contribution in [2.75, 3.05) is 6.54 Å². The summed E-state index contributed by atoms with van der Waals surface area (Å²) in [5.41, 5.74) is 0. The molecule has 0 heterocycles. The average molecular weight is 483 g/mol. The number of carbonyl (C=O) groups excluding carboxylic acids is 2. The number of carbonyl (C=O) groups is 2. The molecule has 0 bridgehead atoms. The molecule has 0 saturated carbocycles. The second kappa shape index (κ2) is 36.2. The zero-order valence-electron chi connectivity index (χ0n) is 19.9. The van der Waals surface area contributed by atoms with Crippen LogP contribution < -0.4 is 5.32 Å². The molecule has 0 saturated heterocycles. The third-order valence-corrected chi connectivity index (χ3v) is 3.88. The van der Waals surface area contributed by atoms with Crippen LogP contribution in [-0.4, -0.2) is 29.8 Å². The molecule has 0 aromatic rings. The van der Waals surface area contributed by atoms with Crippen molar-refractivity contribution in [3.05, 3.63) is 26.0 Å². The van der Waals surface area contributed by atoms with Crippen molar-refractivity contribution >= 4 is 18.2 Å². The Morgan fingerprint density at radius 1 is 0.903 bits per heavy atom. The standard InChI is InChI=1S/C15H26NO3.C7H13O.C3H7.Ni/c1-2-3-4-5-6-7-8-9-10-11-12-14(17)16-13-15(18)19;1-2-3-4-5-6-7-8;1-3-2;/h5-6H,1-4,7-13H2,(H,16,17)(H,18,19);2-6H2,1H3;1,3H2,2H3;/q3*-1;+3/b6-5-;;;. The van der Waals surface area contributed by atoms with Gasteiger partial charge in [-0.3, -0.25) is 15.9 Å². The number of carboxylic acids is 1. The van der Waals surface area contributed by atoms with Gasteiger partial charge in [-0.2, -0.15) is 19.3 Å². The molecule has 0 atom stereocenters. The number of unbranched alkanes of at least 4 members (excludes halogenated alkanes) is 10. The summed E-state index contributed by atoms with van der Waals surface area (Å²) in [4.78, 5) is 31.1. The smallest absolute Gasteiger partial charge is 0.542 e. The SMILES string of the molecule is CCCCCC[C-]=O.[CH2-]CC.[CH2-]CCC/C=C\CCCCCCC(=O)NCC(=O)O.[Ni+3]. The van der Waals surface area contributed by atoms with Crippen LogP contribution >= 0.6 is 0 Å². The first kappa shape index (κ1) is 37.2. The number of hydrogen-bond donors (Lipinski definition) is 2. The van der Waals surface area contributed by atoms with E-state index in [1.54, 1.807) is 0 Å². The van der Waals surface area contributed by atoms with Gasteiger partial charge in [-0.05, 0) is 25.7 Å². The van der Waals surface area contributed by atoms with Crippen molar-refractivity contribution in [3.63, 3.8) is 0 Å². The van der Waals surface area contributed by atoms with Gasteiger partial charge in [0.25, 0.3) is 0 Å². The Kier molecular flexibility index (Phi) is 43.4. The van der Waals surface area contributed by atoms with E-state index >= 15 is 0 Å². The van der Waals surface area contributed by atoms with Gasteiger partial charge in [-0.15, -0.1) is 0 Å². The van der Waals surface area contributed by atoms with E-state index in [-0.39, 0.29) is 28.9 Å². The summed E-state index contributed by atoms with van der Waals surface area (Å²) in [6.45, 7) is 11.2. The molecule has 0 unspecified atom stereocenters. The van der Waals surface area contributed by atoms with Crippen LogP contribution in [0.5, 0.6) is 0 Å². The monoisotopic (exact) mass is 482 g/mol. The van der Waals surface area contributed by atoms with Crippen LogP contribution in [0.4, 0.5) is 0 Å². The van der Waals surface area contributed by atoms with Gasteiger partial charge in [0.1, 0.15) is 6.54 Å². The van der Waals surface area contributed by atoms with E-state index in [1.807, 2.05) is 13.2 Å². The summed E-state index contributed by atoms with van der Waals surface area (Å²) >= 11 is 0. The minimum absolute atomic E-state index is 0. The van der Waals surface area contributed by atoms with Crippen LogP contribution in [0.3, 0.4) is 0 Å². The van der Waals surface area contributed by atoms with Gasteiger partial charge < -0.3 is 29.1 Å². The second-order valence-corrected chi connectivity index (χ2v) is 7.05. The van der Waals surface area contributed by atoms with Gasteiger partial charge in [-0.1, -0.05) is 70.9 Å². The molecule has 0 fully saturated rings. The minimum Gasteiger partial charge on any atom is -0.542 e. The Labute approximate surface area is 202 Å². The summed E-state index contributed by atoms with van der Waals surface area (Å²) < 4.78 is 0. The third-order valence-electron chi connectivity index (χ3n) is 3.88. The van der Waals surface area contributed by atoms with Crippen molar-refractivity contribution in [3.8, 4) is 0 Å². The van der Waals surface area contributed by atoms with Crippen LogP contribution in [0.25, 0.3) is 0 Å². The summed E-state index contributed by atoms with van der Waals surface area (Å²) in [7, 11) is 0. The molecule has 1 amide bonds. The normalized spacial score (nSPS) is 9.55. The number of aliphatic carboxylic acids is 1. The molecular formula is C25H46NNiO4. The second-order valence-electron chi connectivity index (χ2n) is 7.05. The van der Waals surface area contributed by atoms with E-state index in [0.29, 0.717) is 12.8 Å². The van der Waals surface area contributed by atoms with E-state index in [1.165, 1.54) is 19.3 Å². The first-order valence-electron chi connectivity index (χ1n) is 11.6. The molecule has 0 spiro atoms. The van der Waals surface area contributed by atoms with E-state index < -0.39 is 5.97 Å². The fourth-order valence-electron chi connectivity index (χ4n) is 2.29. The number of carboxylic acid groups (broad SMARTS) is 1. The quantitative estimate of drug-likeness (QED) is 0.109. The van der Waals surface area contributed by atoms with Gasteiger partial charge in [-0.25, -0.2) is 0 Å². The minimum atomic E-state index is -1.00. The average Bonchev–Trinajstić information content (AvgIpc) is 2.72. The van der Waals surface area contributed by atoms with Crippen LogP contribution in [0, 0.1) is 13.8 Å². The molecule has 31 heavy (non-hydrogen) atoms. The van der Waals surface area contributed by atoms with Crippen molar-refractivity contribution < 1.29 is 36.0 Å². The zero-order valence-corrected chi connectivity index (χ0v) is 20.9. The molecule has 0 aromatic carbocycles. The van der Waals surface area contributed by atoms with Crippen LogP contribution in [-0.2, 0) is 30.9 Å². The molecule has 1 radical (unpaired) electrons. The Balaban J connectivity index is -0.000000253. The Morgan fingerprint density at radius 3 is 1.97 bits per heavy atom. The van der Waals surface area contributed by atoms with Crippen molar-refractivity contribution in [2.45, 2.75) is 110 Å².